The lowest BCUT2D eigenvalue weighted by Gasteiger charge is -2.30. The summed E-state index contributed by atoms with van der Waals surface area (Å²) in [6.45, 7) is 8.40. The third-order valence-corrected chi connectivity index (χ3v) is 4.91. The van der Waals surface area contributed by atoms with Crippen LogP contribution in [0.3, 0.4) is 0 Å². The van der Waals surface area contributed by atoms with E-state index in [2.05, 4.69) is 43.0 Å². The molecule has 1 aliphatic heterocycles. The van der Waals surface area contributed by atoms with Crippen LogP contribution in [-0.4, -0.2) is 46.6 Å². The molecule has 5 heteroatoms. The van der Waals surface area contributed by atoms with E-state index in [4.69, 9.17) is 9.84 Å². The standard InChI is InChI=1S/C15H27N3OS/c1-4-12(3)18-7-6-13(17-18)10-14(16-5-2)15-11-20-9-8-19-15/h6-7,12,14-16H,4-5,8-11H2,1-3H3. The van der Waals surface area contributed by atoms with E-state index >= 15 is 0 Å². The van der Waals surface area contributed by atoms with Crippen LogP contribution in [0.15, 0.2) is 12.3 Å². The lowest BCUT2D eigenvalue weighted by molar-refractivity contribution is 0.0473. The monoisotopic (exact) mass is 297 g/mol. The van der Waals surface area contributed by atoms with Crippen LogP contribution in [0, 0.1) is 0 Å². The minimum atomic E-state index is 0.308. The summed E-state index contributed by atoms with van der Waals surface area (Å²) in [7, 11) is 0. The molecule has 4 nitrogen and oxygen atoms in total. The zero-order valence-electron chi connectivity index (χ0n) is 12.8. The van der Waals surface area contributed by atoms with Crippen LogP contribution in [0.25, 0.3) is 0 Å². The maximum Gasteiger partial charge on any atom is 0.0822 e. The molecule has 114 valence electrons. The van der Waals surface area contributed by atoms with Crippen LogP contribution in [0.2, 0.25) is 0 Å². The van der Waals surface area contributed by atoms with E-state index in [1.807, 2.05) is 11.8 Å². The van der Waals surface area contributed by atoms with Crippen molar-refractivity contribution in [2.24, 2.45) is 0 Å². The van der Waals surface area contributed by atoms with Gasteiger partial charge in [0.2, 0.25) is 0 Å². The predicted molar refractivity (Wildman–Crippen MR) is 85.5 cm³/mol. The van der Waals surface area contributed by atoms with Crippen LogP contribution in [0.5, 0.6) is 0 Å². The Hall–Kier alpha value is -0.520. The Kier molecular flexibility index (Phi) is 6.39. The Morgan fingerprint density at radius 1 is 1.55 bits per heavy atom. The van der Waals surface area contributed by atoms with Crippen LogP contribution < -0.4 is 5.32 Å². The predicted octanol–water partition coefficient (Wildman–Crippen LogP) is 2.51. The average Bonchev–Trinajstić information content (AvgIpc) is 2.95. The second kappa shape index (κ2) is 8.05. The second-order valence-electron chi connectivity index (χ2n) is 5.40. The summed E-state index contributed by atoms with van der Waals surface area (Å²) in [5.41, 5.74) is 1.16. The average molecular weight is 297 g/mol. The van der Waals surface area contributed by atoms with E-state index in [1.165, 1.54) is 0 Å². The number of likely N-dealkylation sites (N-methyl/N-ethyl adjacent to an activating group) is 1. The number of nitrogens with one attached hydrogen (secondary N) is 1. The Morgan fingerprint density at radius 3 is 3.05 bits per heavy atom. The molecule has 1 aliphatic rings. The lowest BCUT2D eigenvalue weighted by Crippen LogP contribution is -2.46. The molecule has 0 amide bonds. The number of aromatic nitrogens is 2. The van der Waals surface area contributed by atoms with Gasteiger partial charge in [-0.05, 0) is 26.0 Å². The maximum absolute atomic E-state index is 5.92. The van der Waals surface area contributed by atoms with Crippen molar-refractivity contribution in [2.75, 3.05) is 24.7 Å². The van der Waals surface area contributed by atoms with Gasteiger partial charge in [-0.1, -0.05) is 13.8 Å². The van der Waals surface area contributed by atoms with Crippen LogP contribution in [-0.2, 0) is 11.2 Å². The van der Waals surface area contributed by atoms with Gasteiger partial charge in [0.25, 0.3) is 0 Å². The highest BCUT2D eigenvalue weighted by atomic mass is 32.2. The molecule has 2 heterocycles. The minimum absolute atomic E-state index is 0.308. The molecule has 3 unspecified atom stereocenters. The molecule has 0 aliphatic carbocycles. The van der Waals surface area contributed by atoms with Gasteiger partial charge in [0.1, 0.15) is 0 Å². The Labute approximate surface area is 126 Å². The number of thioether (sulfide) groups is 1. The van der Waals surface area contributed by atoms with Gasteiger partial charge >= 0.3 is 0 Å². The normalized spacial score (nSPS) is 22.6. The first-order valence-corrected chi connectivity index (χ1v) is 8.86. The molecule has 0 saturated carbocycles. The summed E-state index contributed by atoms with van der Waals surface area (Å²) in [4.78, 5) is 0. The summed E-state index contributed by atoms with van der Waals surface area (Å²) >= 11 is 1.99. The van der Waals surface area contributed by atoms with Crippen molar-refractivity contribution >= 4 is 11.8 Å². The molecule has 1 fully saturated rings. The molecule has 0 radical (unpaired) electrons. The third-order valence-electron chi connectivity index (χ3n) is 3.89. The van der Waals surface area contributed by atoms with Gasteiger partial charge in [-0.2, -0.15) is 16.9 Å². The topological polar surface area (TPSA) is 39.1 Å². The molecule has 2 rings (SSSR count). The van der Waals surface area contributed by atoms with Crippen molar-refractivity contribution in [3.63, 3.8) is 0 Å². The first kappa shape index (κ1) is 15.9. The zero-order valence-corrected chi connectivity index (χ0v) is 13.7. The summed E-state index contributed by atoms with van der Waals surface area (Å²) in [5.74, 6) is 2.21. The van der Waals surface area contributed by atoms with Gasteiger partial charge in [0.15, 0.2) is 0 Å². The van der Waals surface area contributed by atoms with Crippen LogP contribution in [0.1, 0.15) is 38.9 Å². The summed E-state index contributed by atoms with van der Waals surface area (Å²) in [6.07, 6.45) is 4.47. The van der Waals surface area contributed by atoms with Gasteiger partial charge in [0, 0.05) is 36.2 Å². The summed E-state index contributed by atoms with van der Waals surface area (Å²) in [6, 6.07) is 2.99. The van der Waals surface area contributed by atoms with E-state index in [1.54, 1.807) is 0 Å². The van der Waals surface area contributed by atoms with E-state index in [0.29, 0.717) is 18.2 Å². The Balaban J connectivity index is 1.97. The molecule has 1 N–H and O–H groups in total. The van der Waals surface area contributed by atoms with Crippen LogP contribution >= 0.6 is 11.8 Å². The van der Waals surface area contributed by atoms with E-state index < -0.39 is 0 Å². The van der Waals surface area contributed by atoms with Gasteiger partial charge in [-0.25, -0.2) is 0 Å². The Bertz CT molecular complexity index is 390. The third kappa shape index (κ3) is 4.24. The molecule has 0 aromatic carbocycles. The van der Waals surface area contributed by atoms with Crippen molar-refractivity contribution in [3.05, 3.63) is 18.0 Å². The van der Waals surface area contributed by atoms with Crippen LogP contribution in [0.4, 0.5) is 0 Å². The van der Waals surface area contributed by atoms with E-state index in [-0.39, 0.29) is 0 Å². The highest BCUT2D eigenvalue weighted by Crippen LogP contribution is 2.18. The fraction of sp³-hybridized carbons (Fsp3) is 0.800. The molecule has 1 aromatic rings. The highest BCUT2D eigenvalue weighted by Gasteiger charge is 2.25. The number of hydrogen-bond acceptors (Lipinski definition) is 4. The van der Waals surface area contributed by atoms with Crippen molar-refractivity contribution in [3.8, 4) is 0 Å². The van der Waals surface area contributed by atoms with Crippen molar-refractivity contribution in [2.45, 2.75) is 51.8 Å². The maximum atomic E-state index is 5.92. The molecule has 1 aromatic heterocycles. The van der Waals surface area contributed by atoms with Crippen molar-refractivity contribution in [1.29, 1.82) is 0 Å². The SMILES string of the molecule is CCNC(Cc1ccn(C(C)CC)n1)C1CSCCO1. The quantitative estimate of drug-likeness (QED) is 0.839. The Morgan fingerprint density at radius 2 is 2.40 bits per heavy atom. The number of rotatable bonds is 7. The smallest absolute Gasteiger partial charge is 0.0822 e. The molecular weight excluding hydrogens is 270 g/mol. The number of ether oxygens (including phenoxy) is 1. The molecule has 3 atom stereocenters. The van der Waals surface area contributed by atoms with Gasteiger partial charge in [-0.3, -0.25) is 4.68 Å². The lowest BCUT2D eigenvalue weighted by atomic mass is 10.1. The summed E-state index contributed by atoms with van der Waals surface area (Å²) < 4.78 is 8.00. The fourth-order valence-corrected chi connectivity index (χ4v) is 3.42. The fourth-order valence-electron chi connectivity index (χ4n) is 2.48. The molecule has 0 bridgehead atoms. The first-order chi connectivity index (χ1) is 9.74. The summed E-state index contributed by atoms with van der Waals surface area (Å²) in [5, 5.41) is 8.28. The molecular formula is C15H27N3OS. The van der Waals surface area contributed by atoms with E-state index in [0.717, 1.165) is 43.2 Å². The largest absolute Gasteiger partial charge is 0.375 e. The molecule has 0 spiro atoms. The zero-order chi connectivity index (χ0) is 14.4. The van der Waals surface area contributed by atoms with E-state index in [9.17, 15) is 0 Å². The van der Waals surface area contributed by atoms with Gasteiger partial charge in [0.05, 0.1) is 18.4 Å². The highest BCUT2D eigenvalue weighted by molar-refractivity contribution is 7.99. The van der Waals surface area contributed by atoms with Gasteiger partial charge in [-0.15, -0.1) is 0 Å². The van der Waals surface area contributed by atoms with Gasteiger partial charge < -0.3 is 10.1 Å². The second-order valence-corrected chi connectivity index (χ2v) is 6.55. The number of hydrogen-bond donors (Lipinski definition) is 1. The minimum Gasteiger partial charge on any atom is -0.375 e. The number of nitrogens with zero attached hydrogens (tertiary/aromatic N) is 2. The molecule has 20 heavy (non-hydrogen) atoms. The molecule has 1 saturated heterocycles. The van der Waals surface area contributed by atoms with Crippen molar-refractivity contribution < 1.29 is 4.74 Å². The van der Waals surface area contributed by atoms with Crippen molar-refractivity contribution in [1.82, 2.24) is 15.1 Å². The first-order valence-electron chi connectivity index (χ1n) is 7.71.